The zero-order valence-corrected chi connectivity index (χ0v) is 15.4. The van der Waals surface area contributed by atoms with Crippen molar-refractivity contribution in [2.75, 3.05) is 0 Å². The summed E-state index contributed by atoms with van der Waals surface area (Å²) in [4.78, 5) is 22.6. The third-order valence-electron chi connectivity index (χ3n) is 4.24. The second-order valence-corrected chi connectivity index (χ2v) is 6.37. The largest absolute Gasteiger partial charge is 0.489 e. The second kappa shape index (κ2) is 8.81. The number of hydrogen-bond donors (Lipinski definition) is 1. The Kier molecular flexibility index (Phi) is 6.01. The Hall–Kier alpha value is -3.67. The van der Waals surface area contributed by atoms with Crippen LogP contribution in [0.5, 0.6) is 5.75 Å². The predicted octanol–water partition coefficient (Wildman–Crippen LogP) is 4.41. The number of carbonyl (C=O) groups is 1. The Labute approximate surface area is 162 Å². The van der Waals surface area contributed by atoms with Gasteiger partial charge in [0, 0.05) is 29.8 Å². The molecule has 0 saturated heterocycles. The molecule has 0 aliphatic carbocycles. The summed E-state index contributed by atoms with van der Waals surface area (Å²) < 4.78 is 5.96. The molecule has 1 amide bonds. The minimum atomic E-state index is -0.496. The molecule has 0 unspecified atom stereocenters. The van der Waals surface area contributed by atoms with Gasteiger partial charge in [-0.15, -0.1) is 0 Å². The number of rotatable bonds is 7. The molecule has 1 N–H and O–H groups in total. The highest BCUT2D eigenvalue weighted by Gasteiger charge is 2.11. The van der Waals surface area contributed by atoms with Crippen LogP contribution in [0.2, 0.25) is 0 Å². The van der Waals surface area contributed by atoms with Crippen molar-refractivity contribution < 1.29 is 14.5 Å². The van der Waals surface area contributed by atoms with Gasteiger partial charge in [0.1, 0.15) is 12.4 Å². The fourth-order valence-corrected chi connectivity index (χ4v) is 2.69. The van der Waals surface area contributed by atoms with E-state index in [4.69, 9.17) is 4.74 Å². The maximum Gasteiger partial charge on any atom is 0.269 e. The lowest BCUT2D eigenvalue weighted by atomic mass is 10.1. The molecule has 0 spiro atoms. The first-order chi connectivity index (χ1) is 13.5. The average Bonchev–Trinajstić information content (AvgIpc) is 2.72. The molecule has 3 aromatic carbocycles. The summed E-state index contributed by atoms with van der Waals surface area (Å²) in [5.41, 5.74) is 3.30. The van der Waals surface area contributed by atoms with Crippen molar-refractivity contribution >= 4 is 11.6 Å². The highest BCUT2D eigenvalue weighted by Crippen LogP contribution is 2.22. The number of amides is 1. The number of benzene rings is 3. The normalized spacial score (nSPS) is 10.3. The smallest absolute Gasteiger partial charge is 0.269 e. The fraction of sp³-hybridized carbons (Fsp3) is 0.136. The third-order valence-corrected chi connectivity index (χ3v) is 4.24. The molecule has 0 atom stereocenters. The molecule has 0 bridgehead atoms. The zero-order chi connectivity index (χ0) is 19.9. The van der Waals surface area contributed by atoms with Crippen LogP contribution in [0.25, 0.3) is 0 Å². The van der Waals surface area contributed by atoms with E-state index in [1.807, 2.05) is 55.5 Å². The Bertz CT molecular complexity index is 970. The van der Waals surface area contributed by atoms with Gasteiger partial charge in [0.15, 0.2) is 0 Å². The molecule has 0 radical (unpaired) electrons. The van der Waals surface area contributed by atoms with Crippen LogP contribution >= 0.6 is 0 Å². The SMILES string of the molecule is Cc1ccc(CNC(=O)c2ccc([N+](=O)[O-])cc2)c(OCc2ccccc2)c1. The van der Waals surface area contributed by atoms with Gasteiger partial charge in [-0.2, -0.15) is 0 Å². The minimum Gasteiger partial charge on any atom is -0.489 e. The number of nitro benzene ring substituents is 1. The molecule has 6 nitrogen and oxygen atoms in total. The van der Waals surface area contributed by atoms with Gasteiger partial charge in [0.2, 0.25) is 0 Å². The summed E-state index contributed by atoms with van der Waals surface area (Å²) >= 11 is 0. The summed E-state index contributed by atoms with van der Waals surface area (Å²) in [5, 5.41) is 13.5. The average molecular weight is 376 g/mol. The second-order valence-electron chi connectivity index (χ2n) is 6.37. The molecule has 0 aromatic heterocycles. The van der Waals surface area contributed by atoms with Crippen LogP contribution in [0.3, 0.4) is 0 Å². The standard InChI is InChI=1S/C22H20N2O4/c1-16-7-8-19(21(13-16)28-15-17-5-3-2-4-6-17)14-23-22(25)18-9-11-20(12-10-18)24(26)27/h2-13H,14-15H2,1H3,(H,23,25). The summed E-state index contributed by atoms with van der Waals surface area (Å²) in [6, 6.07) is 21.2. The van der Waals surface area contributed by atoms with E-state index in [-0.39, 0.29) is 11.6 Å². The van der Waals surface area contributed by atoms with Gasteiger partial charge in [-0.1, -0.05) is 42.5 Å². The topological polar surface area (TPSA) is 81.5 Å². The molecule has 0 aliphatic heterocycles. The van der Waals surface area contributed by atoms with E-state index in [0.29, 0.717) is 24.5 Å². The molecule has 0 aliphatic rings. The summed E-state index contributed by atoms with van der Waals surface area (Å²) in [7, 11) is 0. The van der Waals surface area contributed by atoms with Crippen molar-refractivity contribution in [2.45, 2.75) is 20.1 Å². The molecule has 0 saturated carbocycles. The molecule has 28 heavy (non-hydrogen) atoms. The molecule has 0 heterocycles. The van der Waals surface area contributed by atoms with Gasteiger partial charge in [0.25, 0.3) is 11.6 Å². The third kappa shape index (κ3) is 4.94. The first-order valence-corrected chi connectivity index (χ1v) is 8.82. The molecular formula is C22H20N2O4. The summed E-state index contributed by atoms with van der Waals surface area (Å²) in [5.74, 6) is 0.414. The summed E-state index contributed by atoms with van der Waals surface area (Å²) in [6.45, 7) is 2.71. The highest BCUT2D eigenvalue weighted by molar-refractivity contribution is 5.94. The van der Waals surface area contributed by atoms with E-state index < -0.39 is 4.92 Å². The van der Waals surface area contributed by atoms with Crippen LogP contribution in [0.4, 0.5) is 5.69 Å². The first-order valence-electron chi connectivity index (χ1n) is 8.82. The highest BCUT2D eigenvalue weighted by atomic mass is 16.6. The number of nitrogens with zero attached hydrogens (tertiary/aromatic N) is 1. The molecule has 3 aromatic rings. The fourth-order valence-electron chi connectivity index (χ4n) is 2.69. The number of aryl methyl sites for hydroxylation is 1. The molecule has 3 rings (SSSR count). The first kappa shape index (κ1) is 19.1. The predicted molar refractivity (Wildman–Crippen MR) is 106 cm³/mol. The van der Waals surface area contributed by atoms with E-state index in [0.717, 1.165) is 16.7 Å². The molecular weight excluding hydrogens is 356 g/mol. The lowest BCUT2D eigenvalue weighted by molar-refractivity contribution is -0.384. The minimum absolute atomic E-state index is 0.0494. The van der Waals surface area contributed by atoms with E-state index in [1.165, 1.54) is 24.3 Å². The van der Waals surface area contributed by atoms with E-state index >= 15 is 0 Å². The van der Waals surface area contributed by atoms with Gasteiger partial charge in [0.05, 0.1) is 4.92 Å². The zero-order valence-electron chi connectivity index (χ0n) is 15.4. The van der Waals surface area contributed by atoms with Crippen molar-refractivity contribution in [1.29, 1.82) is 0 Å². The Morgan fingerprint density at radius 2 is 1.75 bits per heavy atom. The maximum absolute atomic E-state index is 12.3. The van der Waals surface area contributed by atoms with Crippen molar-refractivity contribution in [3.05, 3.63) is 105 Å². The van der Waals surface area contributed by atoms with Gasteiger partial charge < -0.3 is 10.1 Å². The number of ether oxygens (including phenoxy) is 1. The Morgan fingerprint density at radius 3 is 2.43 bits per heavy atom. The Balaban J connectivity index is 1.66. The van der Waals surface area contributed by atoms with Crippen molar-refractivity contribution in [3.8, 4) is 5.75 Å². The van der Waals surface area contributed by atoms with Crippen LogP contribution in [0.15, 0.2) is 72.8 Å². The van der Waals surface area contributed by atoms with Crippen molar-refractivity contribution in [2.24, 2.45) is 0 Å². The lowest BCUT2D eigenvalue weighted by Crippen LogP contribution is -2.23. The van der Waals surface area contributed by atoms with Crippen molar-refractivity contribution in [3.63, 3.8) is 0 Å². The van der Waals surface area contributed by atoms with E-state index in [1.54, 1.807) is 0 Å². The lowest BCUT2D eigenvalue weighted by Gasteiger charge is -2.13. The number of non-ortho nitro benzene ring substituents is 1. The van der Waals surface area contributed by atoms with Gasteiger partial charge in [-0.05, 0) is 36.2 Å². The van der Waals surface area contributed by atoms with E-state index in [2.05, 4.69) is 5.32 Å². The number of nitro groups is 1. The molecule has 0 fully saturated rings. The van der Waals surface area contributed by atoms with Crippen LogP contribution < -0.4 is 10.1 Å². The number of nitrogens with one attached hydrogen (secondary N) is 1. The van der Waals surface area contributed by atoms with Gasteiger partial charge in [-0.25, -0.2) is 0 Å². The van der Waals surface area contributed by atoms with Crippen LogP contribution in [-0.4, -0.2) is 10.8 Å². The molecule has 6 heteroatoms. The summed E-state index contributed by atoms with van der Waals surface area (Å²) in [6.07, 6.45) is 0. The van der Waals surface area contributed by atoms with Crippen LogP contribution in [0.1, 0.15) is 27.0 Å². The number of carbonyl (C=O) groups excluding carboxylic acids is 1. The maximum atomic E-state index is 12.3. The molecule has 142 valence electrons. The quantitative estimate of drug-likeness (QED) is 0.489. The van der Waals surface area contributed by atoms with Gasteiger partial charge in [-0.3, -0.25) is 14.9 Å². The van der Waals surface area contributed by atoms with Crippen molar-refractivity contribution in [1.82, 2.24) is 5.32 Å². The monoisotopic (exact) mass is 376 g/mol. The van der Waals surface area contributed by atoms with Crippen LogP contribution in [-0.2, 0) is 13.2 Å². The van der Waals surface area contributed by atoms with E-state index in [9.17, 15) is 14.9 Å². The Morgan fingerprint density at radius 1 is 1.04 bits per heavy atom. The van der Waals surface area contributed by atoms with Gasteiger partial charge >= 0.3 is 0 Å². The number of hydrogen-bond acceptors (Lipinski definition) is 4. The van der Waals surface area contributed by atoms with Crippen LogP contribution in [0, 0.1) is 17.0 Å².